The summed E-state index contributed by atoms with van der Waals surface area (Å²) in [4.78, 5) is 14.4. The molecule has 0 radical (unpaired) electrons. The Labute approximate surface area is 138 Å². The van der Waals surface area contributed by atoms with E-state index in [9.17, 15) is 4.79 Å². The number of rotatable bonds is 4. The van der Waals surface area contributed by atoms with Crippen molar-refractivity contribution in [3.05, 3.63) is 42.5 Å². The molecule has 2 aromatic rings. The van der Waals surface area contributed by atoms with Crippen LogP contribution >= 0.6 is 0 Å². The fourth-order valence-electron chi connectivity index (χ4n) is 3.50. The predicted molar refractivity (Wildman–Crippen MR) is 96.8 cm³/mol. The molecule has 3 nitrogen and oxygen atoms in total. The molecule has 3 heteroatoms. The molecule has 23 heavy (non-hydrogen) atoms. The minimum Gasteiger partial charge on any atom is -0.365 e. The fourth-order valence-corrected chi connectivity index (χ4v) is 3.50. The first-order valence-electron chi connectivity index (χ1n) is 8.63. The number of nitrogens with one attached hydrogen (secondary N) is 1. The lowest BCUT2D eigenvalue weighted by Crippen LogP contribution is -2.45. The highest BCUT2D eigenvalue weighted by atomic mass is 16.2. The van der Waals surface area contributed by atoms with Gasteiger partial charge in [0.25, 0.3) is 0 Å². The molecule has 0 unspecified atom stereocenters. The van der Waals surface area contributed by atoms with Crippen LogP contribution in [0, 0.1) is 5.92 Å². The van der Waals surface area contributed by atoms with Crippen LogP contribution < -0.4 is 10.2 Å². The molecule has 0 heterocycles. The maximum atomic E-state index is 12.4. The van der Waals surface area contributed by atoms with Crippen LogP contribution in [-0.2, 0) is 4.79 Å². The molecule has 0 aliphatic heterocycles. The van der Waals surface area contributed by atoms with Gasteiger partial charge in [-0.15, -0.1) is 0 Å². The van der Waals surface area contributed by atoms with Crippen molar-refractivity contribution in [1.29, 1.82) is 0 Å². The number of fused-ring (bicyclic) bond motifs is 1. The predicted octanol–water partition coefficient (Wildman–Crippen LogP) is 3.97. The molecular weight excluding hydrogens is 284 g/mol. The fraction of sp³-hybridized carbons (Fsp3) is 0.450. The van der Waals surface area contributed by atoms with Crippen molar-refractivity contribution in [3.8, 4) is 0 Å². The largest absolute Gasteiger partial charge is 0.365 e. The van der Waals surface area contributed by atoms with E-state index in [2.05, 4.69) is 42.6 Å². The number of carbonyl (C=O) groups is 1. The number of hydrogen-bond acceptors (Lipinski definition) is 2. The second kappa shape index (κ2) is 7.03. The van der Waals surface area contributed by atoms with Crippen LogP contribution in [0.4, 0.5) is 5.69 Å². The van der Waals surface area contributed by atoms with Crippen molar-refractivity contribution in [2.45, 2.75) is 38.6 Å². The Kier molecular flexibility index (Phi) is 4.85. The van der Waals surface area contributed by atoms with E-state index in [4.69, 9.17) is 0 Å². The van der Waals surface area contributed by atoms with Gasteiger partial charge in [-0.1, -0.05) is 50.1 Å². The molecule has 1 N–H and O–H groups in total. The van der Waals surface area contributed by atoms with Crippen molar-refractivity contribution in [3.63, 3.8) is 0 Å². The van der Waals surface area contributed by atoms with Gasteiger partial charge in [0.1, 0.15) is 0 Å². The monoisotopic (exact) mass is 310 g/mol. The van der Waals surface area contributed by atoms with Gasteiger partial charge >= 0.3 is 0 Å². The zero-order chi connectivity index (χ0) is 16.2. The third kappa shape index (κ3) is 3.84. The second-order valence-corrected chi connectivity index (χ2v) is 6.82. The van der Waals surface area contributed by atoms with E-state index >= 15 is 0 Å². The molecule has 0 bridgehead atoms. The summed E-state index contributed by atoms with van der Waals surface area (Å²) in [6.45, 7) is 2.65. The first kappa shape index (κ1) is 15.9. The molecule has 2 aromatic carbocycles. The van der Waals surface area contributed by atoms with E-state index in [1.165, 1.54) is 30.0 Å². The zero-order valence-corrected chi connectivity index (χ0v) is 14.1. The molecule has 2 atom stereocenters. The van der Waals surface area contributed by atoms with Gasteiger partial charge in [0.05, 0.1) is 6.54 Å². The van der Waals surface area contributed by atoms with Crippen LogP contribution in [0.5, 0.6) is 0 Å². The van der Waals surface area contributed by atoms with Gasteiger partial charge < -0.3 is 10.2 Å². The summed E-state index contributed by atoms with van der Waals surface area (Å²) in [6, 6.07) is 15.0. The van der Waals surface area contributed by atoms with Gasteiger partial charge in [-0.3, -0.25) is 4.79 Å². The summed E-state index contributed by atoms with van der Waals surface area (Å²) in [5, 5.41) is 5.66. The molecule has 0 saturated heterocycles. The molecule has 1 amide bonds. The van der Waals surface area contributed by atoms with E-state index in [0.717, 1.165) is 12.1 Å². The van der Waals surface area contributed by atoms with Crippen molar-refractivity contribution in [2.75, 3.05) is 18.5 Å². The normalized spacial score (nSPS) is 21.1. The highest BCUT2D eigenvalue weighted by Crippen LogP contribution is 2.24. The number of anilines is 1. The smallest absolute Gasteiger partial charge is 0.239 e. The Balaban J connectivity index is 1.62. The number of hydrogen-bond donors (Lipinski definition) is 1. The highest BCUT2D eigenvalue weighted by molar-refractivity contribution is 5.87. The number of likely N-dealkylation sites (N-methyl/N-ethyl adjacent to an activating group) is 1. The number of nitrogens with zero attached hydrogens (tertiary/aromatic N) is 1. The molecule has 1 fully saturated rings. The van der Waals surface area contributed by atoms with Gasteiger partial charge in [-0.25, -0.2) is 0 Å². The second-order valence-electron chi connectivity index (χ2n) is 6.82. The quantitative estimate of drug-likeness (QED) is 0.926. The Morgan fingerprint density at radius 3 is 2.65 bits per heavy atom. The molecule has 1 saturated carbocycles. The van der Waals surface area contributed by atoms with Gasteiger partial charge in [-0.2, -0.15) is 0 Å². The summed E-state index contributed by atoms with van der Waals surface area (Å²) in [5.41, 5.74) is 1.08. The van der Waals surface area contributed by atoms with Crippen LogP contribution in [0.2, 0.25) is 0 Å². The van der Waals surface area contributed by atoms with E-state index in [0.29, 0.717) is 18.5 Å². The maximum absolute atomic E-state index is 12.4. The van der Waals surface area contributed by atoms with Crippen LogP contribution in [0.1, 0.15) is 32.6 Å². The third-order valence-corrected chi connectivity index (χ3v) is 5.01. The van der Waals surface area contributed by atoms with Crippen LogP contribution in [0.25, 0.3) is 10.8 Å². The molecule has 122 valence electrons. The lowest BCUT2D eigenvalue weighted by Gasteiger charge is -2.30. The van der Waals surface area contributed by atoms with Crippen molar-refractivity contribution in [1.82, 2.24) is 5.32 Å². The number of carbonyl (C=O) groups excluding carboxylic acids is 1. The molecule has 3 rings (SSSR count). The Morgan fingerprint density at radius 2 is 1.87 bits per heavy atom. The van der Waals surface area contributed by atoms with Gasteiger partial charge in [-0.05, 0) is 41.7 Å². The lowest BCUT2D eigenvalue weighted by molar-refractivity contribution is -0.121. The summed E-state index contributed by atoms with van der Waals surface area (Å²) in [5.74, 6) is 0.720. The van der Waals surface area contributed by atoms with Crippen molar-refractivity contribution in [2.24, 2.45) is 5.92 Å². The van der Waals surface area contributed by atoms with Crippen LogP contribution in [-0.4, -0.2) is 25.5 Å². The molecular formula is C20H26N2O. The SMILES string of the molecule is C[C@H]1CCCC[C@H]1NC(=O)CN(C)c1ccc2ccccc2c1. The maximum Gasteiger partial charge on any atom is 0.239 e. The molecule has 1 aliphatic rings. The van der Waals surface area contributed by atoms with Gasteiger partial charge in [0.2, 0.25) is 5.91 Å². The standard InChI is InChI=1S/C20H26N2O/c1-15-7-3-6-10-19(15)21-20(23)14-22(2)18-12-11-16-8-4-5-9-17(16)13-18/h4-5,8-9,11-13,15,19H,3,6-7,10,14H2,1-2H3,(H,21,23)/t15-,19+/m0/s1. The van der Waals surface area contributed by atoms with E-state index in [1.54, 1.807) is 0 Å². The Morgan fingerprint density at radius 1 is 1.13 bits per heavy atom. The zero-order valence-electron chi connectivity index (χ0n) is 14.1. The molecule has 0 spiro atoms. The first-order chi connectivity index (χ1) is 11.1. The van der Waals surface area contributed by atoms with Gasteiger partial charge in [0, 0.05) is 18.8 Å². The molecule has 1 aliphatic carbocycles. The Hall–Kier alpha value is -2.03. The van der Waals surface area contributed by atoms with E-state index < -0.39 is 0 Å². The summed E-state index contributed by atoms with van der Waals surface area (Å²) in [6.07, 6.45) is 4.87. The van der Waals surface area contributed by atoms with Gasteiger partial charge in [0.15, 0.2) is 0 Å². The van der Waals surface area contributed by atoms with Crippen molar-refractivity contribution >= 4 is 22.4 Å². The lowest BCUT2D eigenvalue weighted by atomic mass is 9.86. The summed E-state index contributed by atoms with van der Waals surface area (Å²) >= 11 is 0. The topological polar surface area (TPSA) is 32.3 Å². The highest BCUT2D eigenvalue weighted by Gasteiger charge is 2.23. The average Bonchev–Trinajstić information content (AvgIpc) is 2.56. The summed E-state index contributed by atoms with van der Waals surface area (Å²) < 4.78 is 0. The third-order valence-electron chi connectivity index (χ3n) is 5.01. The Bertz CT molecular complexity index is 682. The van der Waals surface area contributed by atoms with E-state index in [-0.39, 0.29) is 5.91 Å². The van der Waals surface area contributed by atoms with Crippen molar-refractivity contribution < 1.29 is 4.79 Å². The summed E-state index contributed by atoms with van der Waals surface area (Å²) in [7, 11) is 1.98. The first-order valence-corrected chi connectivity index (χ1v) is 8.63. The average molecular weight is 310 g/mol. The van der Waals surface area contributed by atoms with Crippen LogP contribution in [0.3, 0.4) is 0 Å². The number of benzene rings is 2. The minimum absolute atomic E-state index is 0.124. The minimum atomic E-state index is 0.124. The van der Waals surface area contributed by atoms with E-state index in [1.807, 2.05) is 24.1 Å². The molecule has 0 aromatic heterocycles. The van der Waals surface area contributed by atoms with Crippen LogP contribution in [0.15, 0.2) is 42.5 Å². The number of amides is 1.